The van der Waals surface area contributed by atoms with Gasteiger partial charge in [0.2, 0.25) is 0 Å². The Hall–Kier alpha value is -3.37. The fourth-order valence-electron chi connectivity index (χ4n) is 2.47. The summed E-state index contributed by atoms with van der Waals surface area (Å²) in [7, 11) is 1.44. The molecule has 11 heteroatoms. The van der Waals surface area contributed by atoms with Crippen molar-refractivity contribution >= 4 is 57.2 Å². The van der Waals surface area contributed by atoms with Gasteiger partial charge in [-0.3, -0.25) is 14.4 Å². The zero-order chi connectivity index (χ0) is 24.4. The minimum Gasteiger partial charge on any atom is -0.493 e. The molecule has 33 heavy (non-hydrogen) atoms. The molecule has 0 fully saturated rings. The summed E-state index contributed by atoms with van der Waals surface area (Å²) in [4.78, 5) is 35.4. The van der Waals surface area contributed by atoms with E-state index in [0.29, 0.717) is 32.2 Å². The summed E-state index contributed by atoms with van der Waals surface area (Å²) in [5, 5.41) is 9.34. The number of methoxy groups -OCH3 is 1. The normalized spacial score (nSPS) is 10.4. The largest absolute Gasteiger partial charge is 0.493 e. The van der Waals surface area contributed by atoms with Crippen LogP contribution in [0.1, 0.15) is 11.1 Å². The molecule has 0 bridgehead atoms. The molecule has 0 aliphatic carbocycles. The summed E-state index contributed by atoms with van der Waals surface area (Å²) < 4.78 is 11.5. The molecule has 174 valence electrons. The Morgan fingerprint density at radius 1 is 1.21 bits per heavy atom. The van der Waals surface area contributed by atoms with Crippen LogP contribution < -0.4 is 25.5 Å². The third-order valence-corrected chi connectivity index (χ3v) is 4.89. The molecule has 0 spiro atoms. The molecule has 2 rings (SSSR count). The molecule has 0 aliphatic rings. The zero-order valence-corrected chi connectivity index (χ0v) is 20.2. The molecule has 9 nitrogen and oxygen atoms in total. The molecule has 3 N–H and O–H groups in total. The molecule has 0 aliphatic heterocycles. The number of hydrazone groups is 1. The number of ether oxygens (including phenoxy) is 2. The number of aryl methyl sites for hydroxylation is 1. The summed E-state index contributed by atoms with van der Waals surface area (Å²) in [5.74, 6) is -1.49. The lowest BCUT2D eigenvalue weighted by Gasteiger charge is -2.14. The first-order chi connectivity index (χ1) is 15.7. The van der Waals surface area contributed by atoms with Gasteiger partial charge in [-0.25, -0.2) is 5.43 Å². The van der Waals surface area contributed by atoms with Crippen LogP contribution in [0.2, 0.25) is 5.02 Å². The van der Waals surface area contributed by atoms with Crippen molar-refractivity contribution in [3.63, 3.8) is 0 Å². The fourth-order valence-corrected chi connectivity index (χ4v) is 3.21. The van der Waals surface area contributed by atoms with Crippen LogP contribution in [0.5, 0.6) is 11.5 Å². The van der Waals surface area contributed by atoms with Gasteiger partial charge in [0.15, 0.2) is 18.1 Å². The van der Waals surface area contributed by atoms with Crippen molar-refractivity contribution in [2.75, 3.05) is 25.6 Å². The van der Waals surface area contributed by atoms with Crippen molar-refractivity contribution in [1.29, 1.82) is 0 Å². The van der Waals surface area contributed by atoms with Crippen molar-refractivity contribution in [2.24, 2.45) is 5.10 Å². The second-order valence-electron chi connectivity index (χ2n) is 6.53. The highest BCUT2D eigenvalue weighted by Crippen LogP contribution is 2.36. The van der Waals surface area contributed by atoms with E-state index in [0.717, 1.165) is 5.56 Å². The first-order valence-electron chi connectivity index (χ1n) is 9.53. The van der Waals surface area contributed by atoms with Crippen LogP contribution in [0.4, 0.5) is 5.69 Å². The second-order valence-corrected chi connectivity index (χ2v) is 7.82. The lowest BCUT2D eigenvalue weighted by Crippen LogP contribution is -2.37. The number of hydrogen-bond donors (Lipinski definition) is 3. The Balaban J connectivity index is 2.02. The molecule has 3 amide bonds. The maximum atomic E-state index is 12.3. The predicted molar refractivity (Wildman–Crippen MR) is 130 cm³/mol. The van der Waals surface area contributed by atoms with E-state index in [2.05, 4.69) is 43.7 Å². The topological polar surface area (TPSA) is 118 Å². The number of halogens is 2. The van der Waals surface area contributed by atoms with Gasteiger partial charge in [-0.1, -0.05) is 23.7 Å². The molecule has 0 heterocycles. The van der Waals surface area contributed by atoms with Gasteiger partial charge in [0.05, 0.1) is 17.8 Å². The van der Waals surface area contributed by atoms with Crippen LogP contribution >= 0.6 is 27.5 Å². The monoisotopic (exact) mass is 536 g/mol. The number of carbonyl (C=O) groups is 3. The highest BCUT2D eigenvalue weighted by atomic mass is 79.9. The number of nitrogens with zero attached hydrogens (tertiary/aromatic N) is 1. The summed E-state index contributed by atoms with van der Waals surface area (Å²) in [6.07, 6.45) is 2.77. The zero-order valence-electron chi connectivity index (χ0n) is 17.9. The van der Waals surface area contributed by atoms with Crippen molar-refractivity contribution in [2.45, 2.75) is 6.92 Å². The Labute approximate surface area is 204 Å². The van der Waals surface area contributed by atoms with Gasteiger partial charge in [-0.15, -0.1) is 6.58 Å². The van der Waals surface area contributed by atoms with Crippen molar-refractivity contribution in [3.8, 4) is 11.5 Å². The lowest BCUT2D eigenvalue weighted by atomic mass is 10.2. The van der Waals surface area contributed by atoms with Gasteiger partial charge in [-0.2, -0.15) is 5.10 Å². The van der Waals surface area contributed by atoms with Crippen LogP contribution in [-0.2, 0) is 14.4 Å². The van der Waals surface area contributed by atoms with E-state index in [1.807, 2.05) is 6.92 Å². The van der Waals surface area contributed by atoms with Gasteiger partial charge in [0.25, 0.3) is 5.91 Å². The Morgan fingerprint density at radius 2 is 1.97 bits per heavy atom. The van der Waals surface area contributed by atoms with Crippen LogP contribution in [0.3, 0.4) is 0 Å². The fraction of sp³-hybridized carbons (Fsp3) is 0.182. The van der Waals surface area contributed by atoms with E-state index in [1.54, 1.807) is 30.3 Å². The first-order valence-corrected chi connectivity index (χ1v) is 10.7. The number of benzene rings is 2. The molecular formula is C22H22BrClN4O5. The number of carbonyl (C=O) groups excluding carboxylic acids is 3. The third kappa shape index (κ3) is 7.92. The molecule has 2 aromatic rings. The highest BCUT2D eigenvalue weighted by molar-refractivity contribution is 9.10. The first kappa shape index (κ1) is 25.9. The van der Waals surface area contributed by atoms with E-state index < -0.39 is 11.8 Å². The number of hydrogen-bond acceptors (Lipinski definition) is 6. The average molecular weight is 538 g/mol. The smallest absolute Gasteiger partial charge is 0.329 e. The highest BCUT2D eigenvalue weighted by Gasteiger charge is 2.15. The molecule has 2 aromatic carbocycles. The van der Waals surface area contributed by atoms with Crippen LogP contribution in [0.15, 0.2) is 52.6 Å². The third-order valence-electron chi connectivity index (χ3n) is 4.07. The van der Waals surface area contributed by atoms with Gasteiger partial charge in [0.1, 0.15) is 0 Å². The molecule has 0 saturated carbocycles. The summed E-state index contributed by atoms with van der Waals surface area (Å²) in [6, 6.07) is 8.42. The van der Waals surface area contributed by atoms with Gasteiger partial charge >= 0.3 is 11.8 Å². The molecule has 0 atom stereocenters. The predicted octanol–water partition coefficient (Wildman–Crippen LogP) is 3.19. The number of rotatable bonds is 9. The van der Waals surface area contributed by atoms with Gasteiger partial charge < -0.3 is 20.1 Å². The second kappa shape index (κ2) is 12.6. The van der Waals surface area contributed by atoms with E-state index >= 15 is 0 Å². The molecular weight excluding hydrogens is 516 g/mol. The number of amides is 3. The van der Waals surface area contributed by atoms with Crippen molar-refractivity contribution < 1.29 is 23.9 Å². The van der Waals surface area contributed by atoms with Crippen LogP contribution in [-0.4, -0.2) is 44.2 Å². The number of anilines is 1. The Kier molecular flexibility index (Phi) is 9.89. The van der Waals surface area contributed by atoms with Crippen LogP contribution in [0.25, 0.3) is 0 Å². The van der Waals surface area contributed by atoms with E-state index in [1.165, 1.54) is 19.4 Å². The maximum absolute atomic E-state index is 12.3. The van der Waals surface area contributed by atoms with E-state index in [-0.39, 0.29) is 19.1 Å². The molecule has 0 aromatic heterocycles. The summed E-state index contributed by atoms with van der Waals surface area (Å²) in [5.41, 5.74) is 4.11. The van der Waals surface area contributed by atoms with Gasteiger partial charge in [0, 0.05) is 17.3 Å². The van der Waals surface area contributed by atoms with E-state index in [9.17, 15) is 14.4 Å². The minimum atomic E-state index is -0.917. The summed E-state index contributed by atoms with van der Waals surface area (Å²) in [6.45, 7) is 5.19. The van der Waals surface area contributed by atoms with Crippen LogP contribution in [0, 0.1) is 6.92 Å². The summed E-state index contributed by atoms with van der Waals surface area (Å²) >= 11 is 9.35. The van der Waals surface area contributed by atoms with Crippen molar-refractivity contribution in [3.05, 3.63) is 63.6 Å². The Morgan fingerprint density at radius 3 is 2.67 bits per heavy atom. The standard InChI is InChI=1S/C22H22BrClN4O5/c1-4-7-25-21(30)22(31)28-26-11-14-8-16(23)20(18(9-14)32-3)33-12-19(29)27-17-10-15(24)6-5-13(17)2/h4-6,8-11H,1,7,12H2,2-3H3,(H,25,30)(H,27,29)(H,28,31)/b26-11-. The molecule has 0 saturated heterocycles. The number of nitrogens with one attached hydrogen (secondary N) is 3. The SMILES string of the molecule is C=CCNC(=O)C(=O)N/N=C\c1cc(Br)c(OCC(=O)Nc2cc(Cl)ccc2C)c(OC)c1. The molecule has 0 radical (unpaired) electrons. The van der Waals surface area contributed by atoms with E-state index in [4.69, 9.17) is 21.1 Å². The van der Waals surface area contributed by atoms with Gasteiger partial charge in [-0.05, 0) is 58.2 Å². The minimum absolute atomic E-state index is 0.165. The maximum Gasteiger partial charge on any atom is 0.329 e. The quantitative estimate of drug-likeness (QED) is 0.197. The van der Waals surface area contributed by atoms with Crippen molar-refractivity contribution in [1.82, 2.24) is 10.7 Å². The average Bonchev–Trinajstić information content (AvgIpc) is 2.78. The lowest BCUT2D eigenvalue weighted by molar-refractivity contribution is -0.139. The molecule has 0 unspecified atom stereocenters. The Bertz CT molecular complexity index is 1090.